The molecule has 0 aromatic heterocycles. The number of nitrogens with two attached hydrogens (primary N) is 1. The van der Waals surface area contributed by atoms with Gasteiger partial charge < -0.3 is 11.1 Å². The van der Waals surface area contributed by atoms with Crippen LogP contribution < -0.4 is 11.1 Å². The van der Waals surface area contributed by atoms with E-state index in [4.69, 9.17) is 5.73 Å². The van der Waals surface area contributed by atoms with Gasteiger partial charge in [0.25, 0.3) is 0 Å². The van der Waals surface area contributed by atoms with Crippen molar-refractivity contribution in [1.29, 1.82) is 0 Å². The van der Waals surface area contributed by atoms with E-state index in [1.54, 1.807) is 26.1 Å². The molecule has 6 nitrogen and oxygen atoms in total. The third-order valence-electron chi connectivity index (χ3n) is 3.80. The summed E-state index contributed by atoms with van der Waals surface area (Å²) in [6, 6.07) is 4.67. The van der Waals surface area contributed by atoms with Crippen LogP contribution in [0.2, 0.25) is 0 Å². The zero-order valence-electron chi connectivity index (χ0n) is 11.9. The Morgan fingerprint density at radius 3 is 2.71 bits per heavy atom. The van der Waals surface area contributed by atoms with Crippen molar-refractivity contribution >= 4 is 37.5 Å². The van der Waals surface area contributed by atoms with Gasteiger partial charge in [-0.05, 0) is 31.5 Å². The van der Waals surface area contributed by atoms with Crippen molar-refractivity contribution in [2.24, 2.45) is 5.41 Å². The lowest BCUT2D eigenvalue weighted by molar-refractivity contribution is -0.128. The Balaban J connectivity index is 2.32. The predicted molar refractivity (Wildman–Crippen MR) is 84.1 cm³/mol. The summed E-state index contributed by atoms with van der Waals surface area (Å²) in [5, 5.41) is 2.59. The fourth-order valence-corrected chi connectivity index (χ4v) is 4.54. The predicted octanol–water partition coefficient (Wildman–Crippen LogP) is 1.18. The van der Waals surface area contributed by atoms with E-state index < -0.39 is 15.4 Å². The van der Waals surface area contributed by atoms with E-state index in [2.05, 4.69) is 21.2 Å². The number of benzene rings is 1. The molecule has 1 saturated heterocycles. The second-order valence-corrected chi connectivity index (χ2v) is 8.23. The normalized spacial score (nSPS) is 23.2. The van der Waals surface area contributed by atoms with E-state index in [1.165, 1.54) is 10.4 Å². The van der Waals surface area contributed by atoms with Gasteiger partial charge in [0.15, 0.2) is 0 Å². The summed E-state index contributed by atoms with van der Waals surface area (Å²) < 4.78 is 27.4. The molecule has 1 aromatic rings. The number of nitrogens with zero attached hydrogens (tertiary/aromatic N) is 1. The molecule has 1 atom stereocenters. The Kier molecular flexibility index (Phi) is 4.32. The molecule has 3 N–H and O–H groups in total. The number of amides is 1. The Morgan fingerprint density at radius 1 is 1.48 bits per heavy atom. The minimum Gasteiger partial charge on any atom is -0.398 e. The molecule has 0 spiro atoms. The number of nitrogens with one attached hydrogen (secondary N) is 1. The van der Waals surface area contributed by atoms with E-state index in [9.17, 15) is 13.2 Å². The Bertz CT molecular complexity index is 677. The van der Waals surface area contributed by atoms with Crippen molar-refractivity contribution in [3.8, 4) is 0 Å². The second kappa shape index (κ2) is 5.58. The monoisotopic (exact) mass is 375 g/mol. The molecule has 1 aliphatic rings. The van der Waals surface area contributed by atoms with E-state index >= 15 is 0 Å². The van der Waals surface area contributed by atoms with Crippen molar-refractivity contribution in [2.45, 2.75) is 18.2 Å². The average Bonchev–Trinajstić information content (AvgIpc) is 2.82. The summed E-state index contributed by atoms with van der Waals surface area (Å²) >= 11 is 3.25. The van der Waals surface area contributed by atoms with Crippen LogP contribution in [0.15, 0.2) is 27.6 Å². The van der Waals surface area contributed by atoms with Crippen LogP contribution in [0.25, 0.3) is 0 Å². The number of anilines is 1. The van der Waals surface area contributed by atoms with Crippen molar-refractivity contribution in [1.82, 2.24) is 9.62 Å². The highest BCUT2D eigenvalue weighted by Crippen LogP contribution is 2.35. The number of carbonyl (C=O) groups is 1. The number of hydrogen-bond acceptors (Lipinski definition) is 4. The Labute approximate surface area is 132 Å². The maximum Gasteiger partial charge on any atom is 0.245 e. The van der Waals surface area contributed by atoms with Crippen molar-refractivity contribution in [2.75, 3.05) is 25.9 Å². The fourth-order valence-electron chi connectivity index (χ4n) is 2.50. The molecule has 1 unspecified atom stereocenters. The highest BCUT2D eigenvalue weighted by molar-refractivity contribution is 9.10. The van der Waals surface area contributed by atoms with Crippen molar-refractivity contribution in [3.05, 3.63) is 22.7 Å². The molecular weight excluding hydrogens is 358 g/mol. The van der Waals surface area contributed by atoms with Crippen LogP contribution in [0.5, 0.6) is 0 Å². The van der Waals surface area contributed by atoms with Crippen LogP contribution in [-0.2, 0) is 14.8 Å². The van der Waals surface area contributed by atoms with E-state index in [1.807, 2.05) is 0 Å². The molecule has 2 rings (SSSR count). The zero-order chi connectivity index (χ0) is 15.8. The first-order valence-electron chi connectivity index (χ1n) is 6.48. The molecular formula is C13H18BrN3O3S. The first-order valence-corrected chi connectivity index (χ1v) is 8.71. The molecule has 1 amide bonds. The molecule has 0 saturated carbocycles. The molecule has 0 radical (unpaired) electrons. The van der Waals surface area contributed by atoms with Gasteiger partial charge in [0, 0.05) is 24.6 Å². The number of hydrogen-bond donors (Lipinski definition) is 2. The number of carbonyl (C=O) groups excluding carboxylic acids is 1. The molecule has 8 heteroatoms. The van der Waals surface area contributed by atoms with Crippen LogP contribution >= 0.6 is 15.9 Å². The lowest BCUT2D eigenvalue weighted by Gasteiger charge is -2.23. The van der Waals surface area contributed by atoms with E-state index in [0.717, 1.165) is 4.47 Å². The molecule has 1 fully saturated rings. The van der Waals surface area contributed by atoms with Crippen molar-refractivity contribution < 1.29 is 13.2 Å². The summed E-state index contributed by atoms with van der Waals surface area (Å²) in [5.41, 5.74) is 5.30. The number of halogens is 1. The van der Waals surface area contributed by atoms with Crippen molar-refractivity contribution in [3.63, 3.8) is 0 Å². The highest BCUT2D eigenvalue weighted by atomic mass is 79.9. The van der Waals surface area contributed by atoms with Gasteiger partial charge in [0.2, 0.25) is 15.9 Å². The minimum atomic E-state index is -3.69. The third-order valence-corrected chi connectivity index (χ3v) is 6.22. The van der Waals surface area contributed by atoms with Gasteiger partial charge >= 0.3 is 0 Å². The molecule has 1 heterocycles. The maximum atomic E-state index is 12.7. The third kappa shape index (κ3) is 2.93. The maximum absolute atomic E-state index is 12.7. The van der Waals surface area contributed by atoms with Crippen LogP contribution in [0.4, 0.5) is 5.69 Å². The summed E-state index contributed by atoms with van der Waals surface area (Å²) in [6.07, 6.45) is 0.488. The second-order valence-electron chi connectivity index (χ2n) is 5.41. The molecule has 0 aliphatic carbocycles. The molecule has 21 heavy (non-hydrogen) atoms. The Hall–Kier alpha value is -1.12. The summed E-state index contributed by atoms with van der Waals surface area (Å²) in [6.45, 7) is 2.23. The van der Waals surface area contributed by atoms with Gasteiger partial charge in [-0.25, -0.2) is 8.42 Å². The smallest absolute Gasteiger partial charge is 0.245 e. The van der Waals surface area contributed by atoms with Gasteiger partial charge in [0.05, 0.1) is 11.1 Å². The summed E-state index contributed by atoms with van der Waals surface area (Å²) in [4.78, 5) is 12.0. The molecule has 116 valence electrons. The van der Waals surface area contributed by atoms with Gasteiger partial charge in [-0.2, -0.15) is 4.31 Å². The lowest BCUT2D eigenvalue weighted by atomic mass is 9.89. The lowest BCUT2D eigenvalue weighted by Crippen LogP contribution is -2.40. The zero-order valence-corrected chi connectivity index (χ0v) is 14.3. The highest BCUT2D eigenvalue weighted by Gasteiger charge is 2.44. The fraction of sp³-hybridized carbons (Fsp3) is 0.462. The minimum absolute atomic E-state index is 0.0758. The molecule has 1 aromatic carbocycles. The SMILES string of the molecule is CNC(=O)C1(C)CCN(S(=O)(=O)c2ccc(Br)cc2N)C1. The largest absolute Gasteiger partial charge is 0.398 e. The number of sulfonamides is 1. The van der Waals surface area contributed by atoms with Gasteiger partial charge in [-0.3, -0.25) is 4.79 Å². The summed E-state index contributed by atoms with van der Waals surface area (Å²) in [5.74, 6) is -0.149. The van der Waals surface area contributed by atoms with E-state index in [0.29, 0.717) is 13.0 Å². The summed E-state index contributed by atoms with van der Waals surface area (Å²) in [7, 11) is -2.14. The van der Waals surface area contributed by atoms with Crippen LogP contribution in [0.1, 0.15) is 13.3 Å². The molecule has 1 aliphatic heterocycles. The van der Waals surface area contributed by atoms with E-state index in [-0.39, 0.29) is 23.0 Å². The van der Waals surface area contributed by atoms with Crippen LogP contribution in [-0.4, -0.2) is 38.8 Å². The number of rotatable bonds is 3. The topological polar surface area (TPSA) is 92.5 Å². The average molecular weight is 376 g/mol. The first kappa shape index (κ1) is 16.3. The Morgan fingerprint density at radius 2 is 2.14 bits per heavy atom. The first-order chi connectivity index (χ1) is 9.70. The van der Waals surface area contributed by atoms with Crippen LogP contribution in [0, 0.1) is 5.41 Å². The molecule has 0 bridgehead atoms. The van der Waals surface area contributed by atoms with Gasteiger partial charge in [-0.15, -0.1) is 0 Å². The van der Waals surface area contributed by atoms with Gasteiger partial charge in [0.1, 0.15) is 4.90 Å². The van der Waals surface area contributed by atoms with Crippen LogP contribution in [0.3, 0.4) is 0 Å². The quantitative estimate of drug-likeness (QED) is 0.775. The number of nitrogen functional groups attached to an aromatic ring is 1. The standard InChI is InChI=1S/C13H18BrN3O3S/c1-13(12(18)16-2)5-6-17(8-13)21(19,20)11-4-3-9(14)7-10(11)15/h3-4,7H,5-6,8,15H2,1-2H3,(H,16,18). The van der Waals surface area contributed by atoms with Gasteiger partial charge in [-0.1, -0.05) is 15.9 Å².